The molecule has 0 aromatic heterocycles. The van der Waals surface area contributed by atoms with Gasteiger partial charge in [0.1, 0.15) is 11.4 Å². The van der Waals surface area contributed by atoms with Crippen molar-refractivity contribution in [3.63, 3.8) is 0 Å². The summed E-state index contributed by atoms with van der Waals surface area (Å²) in [6, 6.07) is -0.0761. The number of urea groups is 1. The van der Waals surface area contributed by atoms with E-state index >= 15 is 0 Å². The molecule has 4 nitrogen and oxygen atoms in total. The number of amides is 2. The third kappa shape index (κ3) is 1.35. The van der Waals surface area contributed by atoms with Gasteiger partial charge in [0.15, 0.2) is 0 Å². The van der Waals surface area contributed by atoms with Crippen LogP contribution in [0.2, 0.25) is 0 Å². The lowest BCUT2D eigenvalue weighted by atomic mass is 9.70. The lowest BCUT2D eigenvalue weighted by Crippen LogP contribution is -2.56. The van der Waals surface area contributed by atoms with Gasteiger partial charge in [-0.15, -0.1) is 0 Å². The maximum atomic E-state index is 11.8. The molecule has 1 heterocycles. The second kappa shape index (κ2) is 4.07. The van der Waals surface area contributed by atoms with Gasteiger partial charge in [-0.1, -0.05) is 26.2 Å². The molecule has 4 heteroatoms. The minimum Gasteiger partial charge on any atom is -0.312 e. The number of carbonyl (C=O) groups is 1. The summed E-state index contributed by atoms with van der Waals surface area (Å²) in [5.74, 6) is 0.888. The normalized spacial score (nSPS) is 34.6. The zero-order valence-electron chi connectivity index (χ0n) is 10.2. The van der Waals surface area contributed by atoms with Crippen LogP contribution in [0.3, 0.4) is 0 Å². The van der Waals surface area contributed by atoms with Crippen molar-refractivity contribution >= 4 is 11.9 Å². The summed E-state index contributed by atoms with van der Waals surface area (Å²) in [6.07, 6.45) is 5.51. The van der Waals surface area contributed by atoms with E-state index in [1.165, 1.54) is 6.42 Å². The van der Waals surface area contributed by atoms with Crippen LogP contribution in [0.5, 0.6) is 0 Å². The molecule has 2 atom stereocenters. The molecule has 2 N–H and O–H groups in total. The number of amidine groups is 1. The topological polar surface area (TPSA) is 56.2 Å². The molecule has 2 aliphatic rings. The van der Waals surface area contributed by atoms with Crippen LogP contribution in [0.1, 0.15) is 46.0 Å². The van der Waals surface area contributed by atoms with Crippen LogP contribution in [-0.4, -0.2) is 28.9 Å². The van der Waals surface area contributed by atoms with Crippen molar-refractivity contribution < 1.29 is 4.79 Å². The van der Waals surface area contributed by atoms with Gasteiger partial charge in [-0.05, 0) is 25.7 Å². The number of likely N-dealkylation sites (N-methyl/N-ethyl adjacent to an activating group) is 1. The van der Waals surface area contributed by atoms with Gasteiger partial charge in [0.2, 0.25) is 0 Å². The Morgan fingerprint density at radius 2 is 2.25 bits per heavy atom. The second-order valence-corrected chi connectivity index (χ2v) is 4.82. The van der Waals surface area contributed by atoms with Crippen molar-refractivity contribution in [2.24, 2.45) is 5.92 Å². The molecule has 2 unspecified atom stereocenters. The summed E-state index contributed by atoms with van der Waals surface area (Å²) in [5.41, 5.74) is -0.307. The molecule has 1 saturated heterocycles. The number of hydrogen-bond acceptors (Lipinski definition) is 2. The summed E-state index contributed by atoms with van der Waals surface area (Å²) in [6.45, 7) is 4.87. The zero-order chi connectivity index (χ0) is 11.8. The Labute approximate surface area is 96.9 Å². The van der Waals surface area contributed by atoms with E-state index in [1.54, 1.807) is 0 Å². The van der Waals surface area contributed by atoms with E-state index in [2.05, 4.69) is 12.2 Å². The molecule has 0 bridgehead atoms. The maximum Gasteiger partial charge on any atom is 0.323 e. The van der Waals surface area contributed by atoms with Gasteiger partial charge in [0.25, 0.3) is 0 Å². The average molecular weight is 223 g/mol. The highest BCUT2D eigenvalue weighted by atomic mass is 16.2. The first kappa shape index (κ1) is 11.4. The van der Waals surface area contributed by atoms with Crippen molar-refractivity contribution in [2.45, 2.75) is 51.5 Å². The minimum atomic E-state index is -0.307. The Hall–Kier alpha value is -1.06. The fourth-order valence-electron chi connectivity index (χ4n) is 3.48. The van der Waals surface area contributed by atoms with Crippen LogP contribution in [-0.2, 0) is 0 Å². The molecule has 2 amide bonds. The number of hydrogen-bond donors (Lipinski definition) is 2. The third-order valence-corrected chi connectivity index (χ3v) is 4.24. The predicted molar refractivity (Wildman–Crippen MR) is 63.6 cm³/mol. The molecule has 2 fully saturated rings. The average Bonchev–Trinajstić information content (AvgIpc) is 2.52. The van der Waals surface area contributed by atoms with Crippen LogP contribution in [0.25, 0.3) is 0 Å². The van der Waals surface area contributed by atoms with Crippen molar-refractivity contribution in [3.05, 3.63) is 0 Å². The molecular weight excluding hydrogens is 202 g/mol. The molecule has 0 radical (unpaired) electrons. The van der Waals surface area contributed by atoms with E-state index in [4.69, 9.17) is 5.41 Å². The second-order valence-electron chi connectivity index (χ2n) is 4.82. The molecule has 1 aliphatic carbocycles. The van der Waals surface area contributed by atoms with Gasteiger partial charge in [-0.3, -0.25) is 10.7 Å². The first-order valence-corrected chi connectivity index (χ1v) is 6.34. The van der Waals surface area contributed by atoms with Crippen molar-refractivity contribution in [1.82, 2.24) is 10.2 Å². The molecule has 90 valence electrons. The molecule has 1 aliphatic heterocycles. The number of nitrogens with one attached hydrogen (secondary N) is 2. The Morgan fingerprint density at radius 3 is 2.88 bits per heavy atom. The van der Waals surface area contributed by atoms with E-state index in [9.17, 15) is 4.79 Å². The molecule has 1 saturated carbocycles. The summed E-state index contributed by atoms with van der Waals surface area (Å²) in [5, 5.41) is 10.8. The Morgan fingerprint density at radius 1 is 1.50 bits per heavy atom. The van der Waals surface area contributed by atoms with E-state index in [0.717, 1.165) is 25.7 Å². The molecule has 0 aromatic carbocycles. The van der Waals surface area contributed by atoms with Crippen LogP contribution >= 0.6 is 0 Å². The lowest BCUT2D eigenvalue weighted by Gasteiger charge is -2.45. The van der Waals surface area contributed by atoms with Crippen molar-refractivity contribution in [3.8, 4) is 0 Å². The Balaban J connectivity index is 2.38. The SMILES string of the molecule is CCC1CCCCC12C(=N)NC(=O)N2CC. The summed E-state index contributed by atoms with van der Waals surface area (Å²) < 4.78 is 0. The quantitative estimate of drug-likeness (QED) is 0.741. The highest BCUT2D eigenvalue weighted by Gasteiger charge is 2.54. The van der Waals surface area contributed by atoms with E-state index in [0.29, 0.717) is 18.3 Å². The lowest BCUT2D eigenvalue weighted by molar-refractivity contribution is 0.0985. The van der Waals surface area contributed by atoms with Gasteiger partial charge in [-0.25, -0.2) is 4.79 Å². The Bertz CT molecular complexity index is 315. The number of nitrogens with zero attached hydrogens (tertiary/aromatic N) is 1. The van der Waals surface area contributed by atoms with Crippen molar-refractivity contribution in [2.75, 3.05) is 6.54 Å². The van der Waals surface area contributed by atoms with Gasteiger partial charge in [0, 0.05) is 6.54 Å². The van der Waals surface area contributed by atoms with Crippen LogP contribution < -0.4 is 5.32 Å². The van der Waals surface area contributed by atoms with E-state index in [-0.39, 0.29) is 11.6 Å². The largest absolute Gasteiger partial charge is 0.323 e. The summed E-state index contributed by atoms with van der Waals surface area (Å²) in [4.78, 5) is 13.7. The monoisotopic (exact) mass is 223 g/mol. The first-order valence-electron chi connectivity index (χ1n) is 6.34. The van der Waals surface area contributed by atoms with Gasteiger partial charge in [-0.2, -0.15) is 0 Å². The third-order valence-electron chi connectivity index (χ3n) is 4.24. The van der Waals surface area contributed by atoms with Crippen LogP contribution in [0, 0.1) is 11.3 Å². The van der Waals surface area contributed by atoms with Gasteiger partial charge < -0.3 is 4.90 Å². The molecule has 16 heavy (non-hydrogen) atoms. The fraction of sp³-hybridized carbons (Fsp3) is 0.833. The van der Waals surface area contributed by atoms with Gasteiger partial charge in [0.05, 0.1) is 0 Å². The number of rotatable bonds is 2. The minimum absolute atomic E-state index is 0.0761. The molecule has 2 rings (SSSR count). The summed E-state index contributed by atoms with van der Waals surface area (Å²) in [7, 11) is 0. The van der Waals surface area contributed by atoms with Gasteiger partial charge >= 0.3 is 6.03 Å². The molecule has 1 spiro atoms. The zero-order valence-corrected chi connectivity index (χ0v) is 10.2. The van der Waals surface area contributed by atoms with E-state index < -0.39 is 0 Å². The smallest absolute Gasteiger partial charge is 0.312 e. The number of carbonyl (C=O) groups excluding carboxylic acids is 1. The molecule has 0 aromatic rings. The highest BCUT2D eigenvalue weighted by molar-refractivity contribution is 6.08. The highest BCUT2D eigenvalue weighted by Crippen LogP contribution is 2.42. The summed E-state index contributed by atoms with van der Waals surface area (Å²) >= 11 is 0. The first-order chi connectivity index (χ1) is 7.66. The predicted octanol–water partition coefficient (Wildman–Crippen LogP) is 2.35. The van der Waals surface area contributed by atoms with Crippen LogP contribution in [0.4, 0.5) is 4.79 Å². The van der Waals surface area contributed by atoms with Crippen molar-refractivity contribution in [1.29, 1.82) is 5.41 Å². The standard InChI is InChI=1S/C12H21N3O/c1-3-9-7-5-6-8-12(9)10(13)14-11(16)15(12)4-2/h9H,3-8H2,1-2H3,(H2,13,14,16). The van der Waals surface area contributed by atoms with Crippen LogP contribution in [0.15, 0.2) is 0 Å². The maximum absolute atomic E-state index is 11.8. The van der Waals surface area contributed by atoms with E-state index in [1.807, 2.05) is 11.8 Å². The fourth-order valence-corrected chi connectivity index (χ4v) is 3.48. The Kier molecular flexibility index (Phi) is 2.91. The molecular formula is C12H21N3O.